The number of allylic oxidation sites excluding steroid dienone is 1. The molecule has 6 nitrogen and oxygen atoms in total. The van der Waals surface area contributed by atoms with Crippen LogP contribution in [0.2, 0.25) is 0 Å². The van der Waals surface area contributed by atoms with Crippen LogP contribution in [0.3, 0.4) is 0 Å². The minimum Gasteiger partial charge on any atom is -0.496 e. The molecule has 1 aliphatic heterocycles. The zero-order valence-corrected chi connectivity index (χ0v) is 16.2. The van der Waals surface area contributed by atoms with Crippen molar-refractivity contribution < 1.29 is 28.2 Å². The summed E-state index contributed by atoms with van der Waals surface area (Å²) in [6.07, 6.45) is 2.99. The highest BCUT2D eigenvalue weighted by Gasteiger charge is 2.28. The molecule has 28 heavy (non-hydrogen) atoms. The molecular formula is C21H13BrO6. The first kappa shape index (κ1) is 18.1. The van der Waals surface area contributed by atoms with Crippen LogP contribution in [0.1, 0.15) is 26.5 Å². The standard InChI is InChI=1S/C21H13BrO6/c1-25-16-7-4-13(22)9-12(16)10-19-20(23)15-6-5-14(11-18(15)28-19)27-21(24)17-3-2-8-26-17/h2-11H,1H3. The van der Waals surface area contributed by atoms with E-state index in [2.05, 4.69) is 15.9 Å². The molecule has 2 aromatic carbocycles. The van der Waals surface area contributed by atoms with Gasteiger partial charge >= 0.3 is 5.97 Å². The summed E-state index contributed by atoms with van der Waals surface area (Å²) in [5.74, 6) is 0.505. The van der Waals surface area contributed by atoms with Crippen LogP contribution in [0.4, 0.5) is 0 Å². The lowest BCUT2D eigenvalue weighted by Gasteiger charge is -2.06. The van der Waals surface area contributed by atoms with E-state index >= 15 is 0 Å². The molecule has 1 aliphatic rings. The van der Waals surface area contributed by atoms with Gasteiger partial charge in [-0.3, -0.25) is 4.79 Å². The van der Waals surface area contributed by atoms with E-state index < -0.39 is 5.97 Å². The Bertz CT molecular complexity index is 1100. The molecule has 0 atom stereocenters. The Hall–Kier alpha value is -3.32. The van der Waals surface area contributed by atoms with Gasteiger partial charge in [0.25, 0.3) is 0 Å². The Morgan fingerprint density at radius 3 is 2.75 bits per heavy atom. The average molecular weight is 441 g/mol. The Balaban J connectivity index is 1.60. The smallest absolute Gasteiger partial charge is 0.379 e. The number of ether oxygens (including phenoxy) is 3. The van der Waals surface area contributed by atoms with Gasteiger partial charge in [-0.1, -0.05) is 15.9 Å². The first-order valence-electron chi connectivity index (χ1n) is 8.22. The van der Waals surface area contributed by atoms with E-state index in [4.69, 9.17) is 18.6 Å². The number of methoxy groups -OCH3 is 1. The van der Waals surface area contributed by atoms with Gasteiger partial charge in [0.05, 0.1) is 18.9 Å². The number of hydrogen-bond donors (Lipinski definition) is 0. The third-order valence-corrected chi connectivity index (χ3v) is 4.55. The van der Waals surface area contributed by atoms with Crippen LogP contribution in [-0.4, -0.2) is 18.9 Å². The zero-order chi connectivity index (χ0) is 19.7. The van der Waals surface area contributed by atoms with E-state index in [0.29, 0.717) is 22.6 Å². The lowest BCUT2D eigenvalue weighted by molar-refractivity contribution is 0.0701. The highest BCUT2D eigenvalue weighted by atomic mass is 79.9. The predicted octanol–water partition coefficient (Wildman–Crippen LogP) is 4.89. The first-order chi connectivity index (χ1) is 13.5. The second kappa shape index (κ2) is 7.36. The number of hydrogen-bond acceptors (Lipinski definition) is 6. The summed E-state index contributed by atoms with van der Waals surface area (Å²) < 4.78 is 22.1. The number of fused-ring (bicyclic) bond motifs is 1. The number of halogens is 1. The molecule has 140 valence electrons. The van der Waals surface area contributed by atoms with Crippen molar-refractivity contribution in [1.82, 2.24) is 0 Å². The normalized spacial score (nSPS) is 13.9. The number of benzene rings is 2. The molecule has 0 aliphatic carbocycles. The third kappa shape index (κ3) is 3.44. The summed E-state index contributed by atoms with van der Waals surface area (Å²) in [5, 5.41) is 0. The van der Waals surface area contributed by atoms with Gasteiger partial charge in [-0.25, -0.2) is 4.79 Å². The summed E-state index contributed by atoms with van der Waals surface area (Å²) in [5.41, 5.74) is 1.08. The van der Waals surface area contributed by atoms with Gasteiger partial charge < -0.3 is 18.6 Å². The molecule has 7 heteroatoms. The van der Waals surface area contributed by atoms with E-state index in [1.165, 1.54) is 24.5 Å². The summed E-state index contributed by atoms with van der Waals surface area (Å²) in [6, 6.07) is 13.1. The number of furan rings is 1. The molecule has 0 N–H and O–H groups in total. The van der Waals surface area contributed by atoms with Crippen molar-refractivity contribution in [2.24, 2.45) is 0 Å². The van der Waals surface area contributed by atoms with E-state index in [1.54, 1.807) is 31.4 Å². The van der Waals surface area contributed by atoms with Crippen molar-refractivity contribution in [1.29, 1.82) is 0 Å². The van der Waals surface area contributed by atoms with E-state index in [9.17, 15) is 9.59 Å². The number of carbonyl (C=O) groups is 2. The van der Waals surface area contributed by atoms with Crippen molar-refractivity contribution in [2.75, 3.05) is 7.11 Å². The molecule has 0 spiro atoms. The molecule has 4 rings (SSSR count). The van der Waals surface area contributed by atoms with Crippen molar-refractivity contribution in [3.8, 4) is 17.2 Å². The first-order valence-corrected chi connectivity index (χ1v) is 9.02. The Morgan fingerprint density at radius 2 is 2.00 bits per heavy atom. The molecule has 3 aromatic rings. The SMILES string of the molecule is COc1ccc(Br)cc1C=C1Oc2cc(OC(=O)c3ccco3)ccc2C1=O. The van der Waals surface area contributed by atoms with Gasteiger partial charge in [0.15, 0.2) is 5.76 Å². The van der Waals surface area contributed by atoms with Crippen molar-refractivity contribution in [2.45, 2.75) is 0 Å². The monoisotopic (exact) mass is 440 g/mol. The summed E-state index contributed by atoms with van der Waals surface area (Å²) in [6.45, 7) is 0. The molecule has 0 amide bonds. The minimum absolute atomic E-state index is 0.0832. The maximum atomic E-state index is 12.6. The van der Waals surface area contributed by atoms with Crippen LogP contribution < -0.4 is 14.2 Å². The summed E-state index contributed by atoms with van der Waals surface area (Å²) >= 11 is 3.40. The van der Waals surface area contributed by atoms with Crippen LogP contribution in [0.15, 0.2) is 69.4 Å². The van der Waals surface area contributed by atoms with Gasteiger partial charge in [0, 0.05) is 16.1 Å². The molecule has 0 fully saturated rings. The van der Waals surface area contributed by atoms with Crippen LogP contribution in [-0.2, 0) is 0 Å². The van der Waals surface area contributed by atoms with Crippen molar-refractivity contribution in [3.05, 3.63) is 81.9 Å². The van der Waals surface area contributed by atoms with Gasteiger partial charge in [-0.05, 0) is 48.5 Å². The van der Waals surface area contributed by atoms with E-state index in [0.717, 1.165) is 4.47 Å². The Morgan fingerprint density at radius 1 is 1.14 bits per heavy atom. The quantitative estimate of drug-likeness (QED) is 0.326. The number of carbonyl (C=O) groups excluding carboxylic acids is 2. The molecule has 1 aromatic heterocycles. The molecule has 0 radical (unpaired) electrons. The molecule has 0 saturated heterocycles. The fraction of sp³-hybridized carbons (Fsp3) is 0.0476. The predicted molar refractivity (Wildman–Crippen MR) is 104 cm³/mol. The van der Waals surface area contributed by atoms with Crippen molar-refractivity contribution in [3.63, 3.8) is 0 Å². The second-order valence-electron chi connectivity index (χ2n) is 5.85. The highest BCUT2D eigenvalue weighted by Crippen LogP contribution is 2.36. The molecule has 2 heterocycles. The number of rotatable bonds is 4. The molecule has 0 unspecified atom stereocenters. The second-order valence-corrected chi connectivity index (χ2v) is 6.77. The van der Waals surface area contributed by atoms with Gasteiger partial charge in [-0.2, -0.15) is 0 Å². The van der Waals surface area contributed by atoms with Gasteiger partial charge in [-0.15, -0.1) is 0 Å². The molecule has 0 saturated carbocycles. The van der Waals surface area contributed by atoms with Crippen LogP contribution in [0.25, 0.3) is 6.08 Å². The molecule has 0 bridgehead atoms. The zero-order valence-electron chi connectivity index (χ0n) is 14.6. The maximum Gasteiger partial charge on any atom is 0.379 e. The van der Waals surface area contributed by atoms with Crippen LogP contribution >= 0.6 is 15.9 Å². The lowest BCUT2D eigenvalue weighted by atomic mass is 10.1. The number of esters is 1. The summed E-state index contributed by atoms with van der Waals surface area (Å²) in [4.78, 5) is 24.6. The number of Topliss-reactive ketones (excluding diaryl/α,β-unsaturated/α-hetero) is 1. The largest absolute Gasteiger partial charge is 0.496 e. The number of ketones is 1. The highest BCUT2D eigenvalue weighted by molar-refractivity contribution is 9.10. The molecular weight excluding hydrogens is 428 g/mol. The van der Waals surface area contributed by atoms with Gasteiger partial charge in [0.1, 0.15) is 17.2 Å². The topological polar surface area (TPSA) is 75.0 Å². The van der Waals surface area contributed by atoms with Gasteiger partial charge in [0.2, 0.25) is 11.5 Å². The minimum atomic E-state index is -0.635. The lowest BCUT2D eigenvalue weighted by Crippen LogP contribution is -2.07. The average Bonchev–Trinajstić information content (AvgIpc) is 3.31. The third-order valence-electron chi connectivity index (χ3n) is 4.05. The fourth-order valence-corrected chi connectivity index (χ4v) is 3.12. The Labute approximate surface area is 168 Å². The van der Waals surface area contributed by atoms with E-state index in [1.807, 2.05) is 12.1 Å². The van der Waals surface area contributed by atoms with Crippen molar-refractivity contribution >= 4 is 33.8 Å². The van der Waals surface area contributed by atoms with Crippen LogP contribution in [0.5, 0.6) is 17.2 Å². The maximum absolute atomic E-state index is 12.6. The summed E-state index contributed by atoms with van der Waals surface area (Å²) in [7, 11) is 1.55. The Kier molecular flexibility index (Phi) is 4.75. The van der Waals surface area contributed by atoms with E-state index in [-0.39, 0.29) is 23.1 Å². The fourth-order valence-electron chi connectivity index (χ4n) is 2.74. The van der Waals surface area contributed by atoms with Crippen LogP contribution in [0, 0.1) is 0 Å².